The first kappa shape index (κ1) is 63.8. The molecule has 0 saturated heterocycles. The van der Waals surface area contributed by atoms with Crippen LogP contribution >= 0.6 is 0 Å². The number of unbranched alkanes of at least 4 members (excludes halogenated alkanes) is 28. The SMILES string of the molecule is CCCCC/C=C\C/C=C\C/C=C\CCCCC(=O)O[C@H](COC(=O)CCCCCCCCC/C=C\C/C=C\CCCCC)COC(=O)CCCCCCCCC/C=C\CCCCCCCC. The van der Waals surface area contributed by atoms with Crippen LogP contribution < -0.4 is 0 Å². The molecule has 0 heterocycles. The third-order valence-electron chi connectivity index (χ3n) is 12.2. The minimum atomic E-state index is -0.800. The number of hydrogen-bond acceptors (Lipinski definition) is 6. The Bertz CT molecular complexity index is 1260. The van der Waals surface area contributed by atoms with Gasteiger partial charge in [0.1, 0.15) is 13.2 Å². The van der Waals surface area contributed by atoms with Crippen molar-refractivity contribution in [3.8, 4) is 0 Å². The van der Waals surface area contributed by atoms with Crippen molar-refractivity contribution in [2.24, 2.45) is 0 Å². The zero-order chi connectivity index (χ0) is 48.6. The van der Waals surface area contributed by atoms with Gasteiger partial charge in [-0.25, -0.2) is 0 Å². The van der Waals surface area contributed by atoms with Gasteiger partial charge in [-0.3, -0.25) is 14.4 Å². The van der Waals surface area contributed by atoms with Crippen LogP contribution in [0.15, 0.2) is 72.9 Å². The Labute approximate surface area is 414 Å². The second-order valence-corrected chi connectivity index (χ2v) is 18.8. The molecule has 0 aromatic heterocycles. The largest absolute Gasteiger partial charge is 0.462 e. The third kappa shape index (κ3) is 53.7. The predicted molar refractivity (Wildman–Crippen MR) is 288 cm³/mol. The van der Waals surface area contributed by atoms with Crippen LogP contribution in [0.5, 0.6) is 0 Å². The van der Waals surface area contributed by atoms with E-state index < -0.39 is 6.10 Å². The van der Waals surface area contributed by atoms with E-state index in [0.29, 0.717) is 19.3 Å². The van der Waals surface area contributed by atoms with Crippen molar-refractivity contribution in [2.45, 2.75) is 284 Å². The van der Waals surface area contributed by atoms with E-state index >= 15 is 0 Å². The number of ether oxygens (including phenoxy) is 3. The van der Waals surface area contributed by atoms with Crippen LogP contribution in [0, 0.1) is 0 Å². The summed E-state index contributed by atoms with van der Waals surface area (Å²) in [6.07, 6.45) is 70.3. The Kier molecular flexibility index (Phi) is 52.8. The molecule has 0 amide bonds. The summed E-state index contributed by atoms with van der Waals surface area (Å²) < 4.78 is 16.8. The molecule has 0 radical (unpaired) electrons. The maximum absolute atomic E-state index is 12.8. The Morgan fingerprint density at radius 1 is 0.299 bits per heavy atom. The fraction of sp³-hybridized carbons (Fsp3) is 0.754. The highest BCUT2D eigenvalue weighted by Gasteiger charge is 2.19. The van der Waals surface area contributed by atoms with Gasteiger partial charge < -0.3 is 14.2 Å². The molecule has 0 aliphatic heterocycles. The van der Waals surface area contributed by atoms with Crippen LogP contribution in [-0.4, -0.2) is 37.2 Å². The van der Waals surface area contributed by atoms with Gasteiger partial charge >= 0.3 is 17.9 Å². The number of allylic oxidation sites excluding steroid dienone is 12. The van der Waals surface area contributed by atoms with Gasteiger partial charge in [0.05, 0.1) is 0 Å². The lowest BCUT2D eigenvalue weighted by Gasteiger charge is -2.18. The average molecular weight is 936 g/mol. The molecule has 1 atom stereocenters. The van der Waals surface area contributed by atoms with Crippen molar-refractivity contribution in [3.05, 3.63) is 72.9 Å². The normalized spacial score (nSPS) is 12.6. The van der Waals surface area contributed by atoms with Crippen LogP contribution in [0.1, 0.15) is 278 Å². The molecule has 386 valence electrons. The molecule has 67 heavy (non-hydrogen) atoms. The summed E-state index contributed by atoms with van der Waals surface area (Å²) in [4.78, 5) is 38.1. The van der Waals surface area contributed by atoms with Gasteiger partial charge in [-0.1, -0.05) is 216 Å². The second kappa shape index (κ2) is 55.4. The maximum atomic E-state index is 12.8. The van der Waals surface area contributed by atoms with Gasteiger partial charge in [0.25, 0.3) is 0 Å². The fourth-order valence-corrected chi connectivity index (χ4v) is 7.83. The van der Waals surface area contributed by atoms with E-state index in [-0.39, 0.29) is 37.5 Å². The number of carbonyl (C=O) groups excluding carboxylic acids is 3. The molecular weight excluding hydrogens is 829 g/mol. The fourth-order valence-electron chi connectivity index (χ4n) is 7.83. The van der Waals surface area contributed by atoms with E-state index in [0.717, 1.165) is 77.0 Å². The van der Waals surface area contributed by atoms with Crippen molar-refractivity contribution >= 4 is 17.9 Å². The molecule has 0 aliphatic rings. The van der Waals surface area contributed by atoms with E-state index in [9.17, 15) is 14.4 Å². The summed E-state index contributed by atoms with van der Waals surface area (Å²) in [6, 6.07) is 0. The Balaban J connectivity index is 4.44. The molecule has 0 saturated carbocycles. The van der Waals surface area contributed by atoms with Crippen LogP contribution in [0.3, 0.4) is 0 Å². The quantitative estimate of drug-likeness (QED) is 0.0262. The molecule has 0 bridgehead atoms. The summed E-state index contributed by atoms with van der Waals surface area (Å²) >= 11 is 0. The van der Waals surface area contributed by atoms with Crippen molar-refractivity contribution < 1.29 is 28.6 Å². The van der Waals surface area contributed by atoms with E-state index in [4.69, 9.17) is 14.2 Å². The molecule has 6 nitrogen and oxygen atoms in total. The van der Waals surface area contributed by atoms with Gasteiger partial charge in [0, 0.05) is 19.3 Å². The molecule has 0 aliphatic carbocycles. The Hall–Kier alpha value is -3.15. The number of carbonyl (C=O) groups is 3. The molecule has 0 fully saturated rings. The molecular formula is C61H106O6. The van der Waals surface area contributed by atoms with Crippen LogP contribution in [0.4, 0.5) is 0 Å². The zero-order valence-electron chi connectivity index (χ0n) is 44.2. The van der Waals surface area contributed by atoms with Gasteiger partial charge in [-0.05, 0) is 116 Å². The molecule has 0 aromatic rings. The summed E-state index contributed by atoms with van der Waals surface area (Å²) in [7, 11) is 0. The van der Waals surface area contributed by atoms with Gasteiger partial charge in [-0.15, -0.1) is 0 Å². The highest BCUT2D eigenvalue weighted by molar-refractivity contribution is 5.71. The third-order valence-corrected chi connectivity index (χ3v) is 12.2. The molecule has 0 spiro atoms. The molecule has 0 N–H and O–H groups in total. The molecule has 0 aromatic carbocycles. The summed E-state index contributed by atoms with van der Waals surface area (Å²) in [6.45, 7) is 6.55. The lowest BCUT2D eigenvalue weighted by atomic mass is 10.1. The number of esters is 3. The standard InChI is InChI=1S/C61H106O6/c1-4-7-10-13-16-19-22-25-28-30-33-35-38-41-44-47-50-53-59(62)65-56-58(67-61(64)55-52-49-46-43-40-37-32-27-24-21-18-15-12-9-6-3)57-66-60(63)54-51-48-45-42-39-36-34-31-29-26-23-20-17-14-11-8-5-2/h16,18-19,21,25-29,32,40,43,58H,4-15,17,20,22-24,30-31,33-39,41-42,44-57H2,1-3H3/b19-16-,21-18-,28-25-,29-26-,32-27-,43-40-/t58-/m1/s1. The van der Waals surface area contributed by atoms with Crippen molar-refractivity contribution in [1.82, 2.24) is 0 Å². The van der Waals surface area contributed by atoms with Crippen LogP contribution in [0.2, 0.25) is 0 Å². The molecule has 0 unspecified atom stereocenters. The lowest BCUT2D eigenvalue weighted by molar-refractivity contribution is -0.167. The van der Waals surface area contributed by atoms with E-state index in [1.165, 1.54) is 154 Å². The minimum absolute atomic E-state index is 0.0951. The zero-order valence-corrected chi connectivity index (χ0v) is 44.2. The van der Waals surface area contributed by atoms with Gasteiger partial charge in [0.15, 0.2) is 6.10 Å². The summed E-state index contributed by atoms with van der Waals surface area (Å²) in [5.41, 5.74) is 0. The molecule has 0 rings (SSSR count). The first-order valence-corrected chi connectivity index (χ1v) is 28.4. The molecule has 6 heteroatoms. The first-order chi connectivity index (χ1) is 33.0. The van der Waals surface area contributed by atoms with Crippen molar-refractivity contribution in [1.29, 1.82) is 0 Å². The van der Waals surface area contributed by atoms with Crippen LogP contribution in [-0.2, 0) is 28.6 Å². The number of hydrogen-bond donors (Lipinski definition) is 0. The van der Waals surface area contributed by atoms with E-state index in [2.05, 4.69) is 93.7 Å². The number of rotatable bonds is 51. The van der Waals surface area contributed by atoms with Gasteiger partial charge in [0.2, 0.25) is 0 Å². The Morgan fingerprint density at radius 2 is 0.537 bits per heavy atom. The first-order valence-electron chi connectivity index (χ1n) is 28.4. The van der Waals surface area contributed by atoms with Crippen LogP contribution in [0.25, 0.3) is 0 Å². The van der Waals surface area contributed by atoms with Crippen molar-refractivity contribution in [2.75, 3.05) is 13.2 Å². The Morgan fingerprint density at radius 3 is 0.910 bits per heavy atom. The smallest absolute Gasteiger partial charge is 0.306 e. The van der Waals surface area contributed by atoms with E-state index in [1.807, 2.05) is 0 Å². The monoisotopic (exact) mass is 935 g/mol. The maximum Gasteiger partial charge on any atom is 0.306 e. The highest BCUT2D eigenvalue weighted by Crippen LogP contribution is 2.14. The minimum Gasteiger partial charge on any atom is -0.462 e. The summed E-state index contributed by atoms with van der Waals surface area (Å²) in [5.74, 6) is -0.939. The predicted octanol–water partition coefficient (Wildman–Crippen LogP) is 19.0. The average Bonchev–Trinajstić information content (AvgIpc) is 3.33. The second-order valence-electron chi connectivity index (χ2n) is 18.8. The van der Waals surface area contributed by atoms with Gasteiger partial charge in [-0.2, -0.15) is 0 Å². The highest BCUT2D eigenvalue weighted by atomic mass is 16.6. The lowest BCUT2D eigenvalue weighted by Crippen LogP contribution is -2.30. The topological polar surface area (TPSA) is 78.9 Å². The van der Waals surface area contributed by atoms with Crippen molar-refractivity contribution in [3.63, 3.8) is 0 Å². The summed E-state index contributed by atoms with van der Waals surface area (Å²) in [5, 5.41) is 0. The van der Waals surface area contributed by atoms with E-state index in [1.54, 1.807) is 0 Å².